The Morgan fingerprint density at radius 3 is 2.47 bits per heavy atom. The van der Waals surface area contributed by atoms with Gasteiger partial charge in [-0.05, 0) is 60.2 Å². The second-order valence-electron chi connectivity index (χ2n) is 7.66. The van der Waals surface area contributed by atoms with Crippen molar-refractivity contribution in [1.82, 2.24) is 5.43 Å². The van der Waals surface area contributed by atoms with Crippen LogP contribution in [0.1, 0.15) is 22.8 Å². The van der Waals surface area contributed by atoms with Crippen LogP contribution >= 0.6 is 34.8 Å². The van der Waals surface area contributed by atoms with Crippen molar-refractivity contribution < 1.29 is 19.1 Å². The summed E-state index contributed by atoms with van der Waals surface area (Å²) in [5, 5.41) is 6.81. The Morgan fingerprint density at radius 1 is 0.917 bits per heavy atom. The summed E-state index contributed by atoms with van der Waals surface area (Å²) in [5.74, 6) is -0.434. The van der Waals surface area contributed by atoms with Gasteiger partial charge >= 0.3 is 5.97 Å². The summed E-state index contributed by atoms with van der Waals surface area (Å²) in [6.45, 7) is 1.59. The molecule has 6 nitrogen and oxygen atoms in total. The number of halogens is 3. The van der Waals surface area contributed by atoms with Crippen molar-refractivity contribution in [1.29, 1.82) is 0 Å². The molecule has 182 valence electrons. The Morgan fingerprint density at radius 2 is 1.69 bits per heavy atom. The van der Waals surface area contributed by atoms with E-state index in [9.17, 15) is 9.59 Å². The lowest BCUT2D eigenvalue weighted by Gasteiger charge is -2.13. The van der Waals surface area contributed by atoms with Crippen LogP contribution in [-0.2, 0) is 4.79 Å². The zero-order valence-corrected chi connectivity index (χ0v) is 21.1. The number of nitrogens with zero attached hydrogens (tertiary/aromatic N) is 1. The fourth-order valence-electron chi connectivity index (χ4n) is 3.36. The molecule has 0 aliphatic heterocycles. The quantitative estimate of drug-likeness (QED) is 0.119. The Kier molecular flexibility index (Phi) is 8.10. The molecule has 0 heterocycles. The maximum atomic E-state index is 12.8. The molecule has 9 heteroatoms. The Bertz CT molecular complexity index is 1470. The van der Waals surface area contributed by atoms with Crippen molar-refractivity contribution in [2.75, 3.05) is 0 Å². The molecule has 4 aromatic carbocycles. The third kappa shape index (κ3) is 6.15. The van der Waals surface area contributed by atoms with E-state index in [1.54, 1.807) is 43.3 Å². The Labute approximate surface area is 222 Å². The molecule has 0 bridgehead atoms. The van der Waals surface area contributed by atoms with Crippen molar-refractivity contribution in [3.05, 3.63) is 105 Å². The van der Waals surface area contributed by atoms with Gasteiger partial charge in [0, 0.05) is 15.6 Å². The lowest BCUT2D eigenvalue weighted by atomic mass is 10.0. The third-order valence-corrected chi connectivity index (χ3v) is 5.91. The van der Waals surface area contributed by atoms with Gasteiger partial charge in [-0.3, -0.25) is 4.79 Å². The molecule has 0 unspecified atom stereocenters. The van der Waals surface area contributed by atoms with Crippen molar-refractivity contribution in [2.24, 2.45) is 5.10 Å². The van der Waals surface area contributed by atoms with Crippen molar-refractivity contribution >= 4 is 63.7 Å². The molecule has 1 atom stereocenters. The molecule has 1 amide bonds. The van der Waals surface area contributed by atoms with Gasteiger partial charge in [-0.1, -0.05) is 71.2 Å². The van der Waals surface area contributed by atoms with E-state index >= 15 is 0 Å². The molecule has 0 saturated heterocycles. The summed E-state index contributed by atoms with van der Waals surface area (Å²) in [7, 11) is 0. The van der Waals surface area contributed by atoms with Crippen molar-refractivity contribution in [3.63, 3.8) is 0 Å². The summed E-state index contributed by atoms with van der Waals surface area (Å²) in [6, 6.07) is 22.2. The molecule has 0 aliphatic rings. The minimum absolute atomic E-state index is 0.164. The monoisotopic (exact) mass is 540 g/mol. The van der Waals surface area contributed by atoms with Gasteiger partial charge in [0.1, 0.15) is 11.5 Å². The highest BCUT2D eigenvalue weighted by Gasteiger charge is 2.17. The van der Waals surface area contributed by atoms with Crippen LogP contribution in [0.15, 0.2) is 84.0 Å². The molecule has 36 heavy (non-hydrogen) atoms. The number of hydrogen-bond donors (Lipinski definition) is 1. The predicted molar refractivity (Wildman–Crippen MR) is 143 cm³/mol. The topological polar surface area (TPSA) is 77.0 Å². The molecular formula is C27H19Cl3N2O4. The molecule has 4 rings (SSSR count). The molecule has 4 aromatic rings. The summed E-state index contributed by atoms with van der Waals surface area (Å²) >= 11 is 18.0. The van der Waals surface area contributed by atoms with Crippen LogP contribution in [0.3, 0.4) is 0 Å². The highest BCUT2D eigenvalue weighted by Crippen LogP contribution is 2.29. The van der Waals surface area contributed by atoms with Crippen molar-refractivity contribution in [3.8, 4) is 11.5 Å². The van der Waals surface area contributed by atoms with Crippen LogP contribution in [0, 0.1) is 0 Å². The van der Waals surface area contributed by atoms with E-state index in [-0.39, 0.29) is 16.3 Å². The highest BCUT2D eigenvalue weighted by atomic mass is 35.5. The number of fused-ring (bicyclic) bond motifs is 1. The number of benzene rings is 4. The maximum Gasteiger partial charge on any atom is 0.345 e. The SMILES string of the molecule is C[C@@H](Oc1cccc(Cl)c1)C(=O)N/N=C\c1c(OC(=O)c2ccc(Cl)cc2Cl)ccc2ccccc12. The summed E-state index contributed by atoms with van der Waals surface area (Å²) in [4.78, 5) is 25.3. The first-order valence-corrected chi connectivity index (χ1v) is 11.9. The van der Waals surface area contributed by atoms with E-state index < -0.39 is 18.0 Å². The summed E-state index contributed by atoms with van der Waals surface area (Å²) < 4.78 is 11.3. The second-order valence-corrected chi connectivity index (χ2v) is 8.94. The van der Waals surface area contributed by atoms with Crippen LogP contribution in [0.5, 0.6) is 11.5 Å². The largest absolute Gasteiger partial charge is 0.481 e. The van der Waals surface area contributed by atoms with Gasteiger partial charge in [0.2, 0.25) is 0 Å². The fourth-order valence-corrected chi connectivity index (χ4v) is 4.02. The number of hydrazone groups is 1. The fraction of sp³-hybridized carbons (Fsp3) is 0.0741. The Balaban J connectivity index is 1.55. The molecular weight excluding hydrogens is 523 g/mol. The lowest BCUT2D eigenvalue weighted by Crippen LogP contribution is -2.33. The van der Waals surface area contributed by atoms with Gasteiger partial charge in [-0.2, -0.15) is 5.10 Å². The minimum Gasteiger partial charge on any atom is -0.481 e. The first-order chi connectivity index (χ1) is 17.3. The number of rotatable bonds is 7. The normalized spacial score (nSPS) is 11.9. The van der Waals surface area contributed by atoms with Crippen LogP contribution in [0.2, 0.25) is 15.1 Å². The van der Waals surface area contributed by atoms with Crippen LogP contribution in [0.4, 0.5) is 0 Å². The summed E-state index contributed by atoms with van der Waals surface area (Å²) in [6.07, 6.45) is 0.579. The van der Waals surface area contributed by atoms with Gasteiger partial charge < -0.3 is 9.47 Å². The van der Waals surface area contributed by atoms with Gasteiger partial charge in [0.25, 0.3) is 5.91 Å². The minimum atomic E-state index is -0.836. The first kappa shape index (κ1) is 25.5. The molecule has 0 aliphatic carbocycles. The number of esters is 1. The molecule has 0 aromatic heterocycles. The number of carbonyl (C=O) groups is 2. The smallest absolute Gasteiger partial charge is 0.345 e. The molecule has 0 saturated carbocycles. The maximum absolute atomic E-state index is 12.8. The van der Waals surface area contributed by atoms with E-state index in [1.165, 1.54) is 18.3 Å². The predicted octanol–water partition coefficient (Wildman–Crippen LogP) is 6.94. The standard InChI is InChI=1S/C27H19Cl3N2O4/c1-16(35-20-7-4-6-18(28)13-20)26(33)32-31-15-23-21-8-3-2-5-17(21)9-12-25(23)36-27(34)22-11-10-19(29)14-24(22)30/h2-16H,1H3,(H,32,33)/b31-15-/t16-/m1/s1. The molecule has 0 radical (unpaired) electrons. The average Bonchev–Trinajstić information content (AvgIpc) is 2.85. The third-order valence-electron chi connectivity index (χ3n) is 5.13. The van der Waals surface area contributed by atoms with E-state index in [4.69, 9.17) is 44.3 Å². The number of hydrogen-bond acceptors (Lipinski definition) is 5. The summed E-state index contributed by atoms with van der Waals surface area (Å²) in [5.41, 5.74) is 3.11. The van der Waals surface area contributed by atoms with Gasteiger partial charge in [-0.25, -0.2) is 10.2 Å². The van der Waals surface area contributed by atoms with Gasteiger partial charge in [0.15, 0.2) is 6.10 Å². The van der Waals surface area contributed by atoms with Crippen LogP contribution < -0.4 is 14.9 Å². The lowest BCUT2D eigenvalue weighted by molar-refractivity contribution is -0.127. The van der Waals surface area contributed by atoms with Crippen molar-refractivity contribution in [2.45, 2.75) is 13.0 Å². The number of ether oxygens (including phenoxy) is 2. The molecule has 1 N–H and O–H groups in total. The van der Waals surface area contributed by atoms with E-state index in [2.05, 4.69) is 10.5 Å². The highest BCUT2D eigenvalue weighted by molar-refractivity contribution is 6.36. The van der Waals surface area contributed by atoms with Gasteiger partial charge in [-0.15, -0.1) is 0 Å². The number of nitrogens with one attached hydrogen (secondary N) is 1. The average molecular weight is 542 g/mol. The van der Waals surface area contributed by atoms with E-state index in [0.29, 0.717) is 21.4 Å². The van der Waals surface area contributed by atoms with Crippen LogP contribution in [-0.4, -0.2) is 24.2 Å². The zero-order chi connectivity index (χ0) is 25.7. The zero-order valence-electron chi connectivity index (χ0n) is 18.9. The van der Waals surface area contributed by atoms with E-state index in [0.717, 1.165) is 10.8 Å². The van der Waals surface area contributed by atoms with E-state index in [1.807, 2.05) is 30.3 Å². The van der Waals surface area contributed by atoms with Crippen LogP contribution in [0.25, 0.3) is 10.8 Å². The Hall–Kier alpha value is -3.58. The second kappa shape index (κ2) is 11.4. The number of amides is 1. The van der Waals surface area contributed by atoms with Gasteiger partial charge in [0.05, 0.1) is 16.8 Å². The molecule has 0 fully saturated rings. The number of carbonyl (C=O) groups excluding carboxylic acids is 2. The first-order valence-electron chi connectivity index (χ1n) is 10.8. The molecule has 0 spiro atoms.